The van der Waals surface area contributed by atoms with Gasteiger partial charge in [0.05, 0.1) is 16.9 Å². The monoisotopic (exact) mass is 527 g/mol. The van der Waals surface area contributed by atoms with Gasteiger partial charge in [0.1, 0.15) is 11.6 Å². The Hall–Kier alpha value is -3.20. The van der Waals surface area contributed by atoms with Gasteiger partial charge in [-0.15, -0.1) is 0 Å². The molecule has 0 spiro atoms. The van der Waals surface area contributed by atoms with E-state index in [1.807, 2.05) is 36.5 Å². The van der Waals surface area contributed by atoms with Crippen LogP contribution in [0.1, 0.15) is 21.5 Å². The number of nitrogens with zero attached hydrogens (tertiary/aromatic N) is 2. The van der Waals surface area contributed by atoms with Gasteiger partial charge in [-0.05, 0) is 64.6 Å². The van der Waals surface area contributed by atoms with Crippen LogP contribution in [0.5, 0.6) is 5.75 Å². The Kier molecular flexibility index (Phi) is 6.31. The molecule has 0 unspecified atom stereocenters. The number of carbonyl (C=O) groups is 1. The fraction of sp³-hybridized carbons (Fsp3) is 0.0833. The number of carbonyl (C=O) groups excluding carboxylic acids is 1. The van der Waals surface area contributed by atoms with Gasteiger partial charge >= 0.3 is 0 Å². The van der Waals surface area contributed by atoms with Crippen LogP contribution in [-0.4, -0.2) is 23.8 Å². The van der Waals surface area contributed by atoms with Crippen molar-refractivity contribution >= 4 is 45.6 Å². The predicted octanol–water partition coefficient (Wildman–Crippen LogP) is 5.21. The lowest BCUT2D eigenvalue weighted by Crippen LogP contribution is -2.17. The number of rotatable bonds is 6. The Morgan fingerprint density at radius 1 is 1.16 bits per heavy atom. The van der Waals surface area contributed by atoms with Gasteiger partial charge in [0.15, 0.2) is 0 Å². The second-order valence-corrected chi connectivity index (χ2v) is 8.07. The fourth-order valence-corrected chi connectivity index (χ4v) is 3.88. The van der Waals surface area contributed by atoms with Crippen molar-refractivity contribution in [2.24, 2.45) is 5.10 Å². The molecule has 1 amide bonds. The summed E-state index contributed by atoms with van der Waals surface area (Å²) in [6.45, 7) is 0.601. The van der Waals surface area contributed by atoms with Crippen molar-refractivity contribution in [2.75, 3.05) is 7.11 Å². The number of fused-ring (bicyclic) bond motifs is 1. The number of ether oxygens (including phenoxy) is 1. The van der Waals surface area contributed by atoms with Crippen LogP contribution in [0.15, 0.2) is 78.0 Å². The summed E-state index contributed by atoms with van der Waals surface area (Å²) < 4.78 is 21.5. The van der Waals surface area contributed by atoms with E-state index in [-0.39, 0.29) is 11.7 Å². The van der Waals surface area contributed by atoms with Crippen LogP contribution in [0, 0.1) is 9.39 Å². The quantitative estimate of drug-likeness (QED) is 0.213. The van der Waals surface area contributed by atoms with E-state index in [0.717, 1.165) is 25.6 Å². The Morgan fingerprint density at radius 3 is 2.71 bits per heavy atom. The molecule has 0 aliphatic carbocycles. The summed E-state index contributed by atoms with van der Waals surface area (Å²) in [6, 6.07) is 19.6. The summed E-state index contributed by atoms with van der Waals surface area (Å²) >= 11 is 2.15. The van der Waals surface area contributed by atoms with Gasteiger partial charge in [-0.3, -0.25) is 4.79 Å². The summed E-state index contributed by atoms with van der Waals surface area (Å²) in [5, 5.41) is 5.16. The van der Waals surface area contributed by atoms with Gasteiger partial charge < -0.3 is 9.30 Å². The maximum Gasteiger partial charge on any atom is 0.271 e. The second kappa shape index (κ2) is 9.30. The van der Waals surface area contributed by atoms with E-state index in [4.69, 9.17) is 4.74 Å². The van der Waals surface area contributed by atoms with Crippen molar-refractivity contribution in [1.29, 1.82) is 0 Å². The molecule has 0 bridgehead atoms. The smallest absolute Gasteiger partial charge is 0.271 e. The molecule has 0 fully saturated rings. The number of benzene rings is 3. The van der Waals surface area contributed by atoms with E-state index in [9.17, 15) is 9.18 Å². The molecule has 7 heteroatoms. The van der Waals surface area contributed by atoms with E-state index < -0.39 is 0 Å². The van der Waals surface area contributed by atoms with Crippen LogP contribution in [-0.2, 0) is 6.54 Å². The van der Waals surface area contributed by atoms with Gasteiger partial charge in [0, 0.05) is 34.8 Å². The lowest BCUT2D eigenvalue weighted by Gasteiger charge is -2.05. The molecule has 4 aromatic rings. The molecule has 1 aromatic heterocycles. The largest absolute Gasteiger partial charge is 0.496 e. The van der Waals surface area contributed by atoms with Crippen LogP contribution in [0.4, 0.5) is 4.39 Å². The third kappa shape index (κ3) is 4.77. The first-order chi connectivity index (χ1) is 15.0. The average molecular weight is 527 g/mol. The third-order valence-electron chi connectivity index (χ3n) is 4.87. The molecule has 31 heavy (non-hydrogen) atoms. The van der Waals surface area contributed by atoms with E-state index in [1.165, 1.54) is 12.1 Å². The molecular weight excluding hydrogens is 508 g/mol. The van der Waals surface area contributed by atoms with Crippen molar-refractivity contribution in [3.8, 4) is 5.75 Å². The predicted molar refractivity (Wildman–Crippen MR) is 128 cm³/mol. The molecule has 5 nitrogen and oxygen atoms in total. The molecule has 1 heterocycles. The van der Waals surface area contributed by atoms with Crippen LogP contribution in [0.2, 0.25) is 0 Å². The zero-order chi connectivity index (χ0) is 21.8. The lowest BCUT2D eigenvalue weighted by molar-refractivity contribution is 0.0954. The van der Waals surface area contributed by atoms with Gasteiger partial charge in [-0.2, -0.15) is 5.10 Å². The lowest BCUT2D eigenvalue weighted by atomic mass is 10.2. The molecule has 0 aliphatic rings. The van der Waals surface area contributed by atoms with E-state index in [2.05, 4.69) is 37.7 Å². The van der Waals surface area contributed by atoms with Crippen LogP contribution in [0.3, 0.4) is 0 Å². The van der Waals surface area contributed by atoms with Gasteiger partial charge in [0.2, 0.25) is 0 Å². The first-order valence-electron chi connectivity index (χ1n) is 9.54. The number of halogens is 2. The molecule has 0 aliphatic heterocycles. The molecule has 0 atom stereocenters. The zero-order valence-electron chi connectivity index (χ0n) is 16.7. The van der Waals surface area contributed by atoms with Gasteiger partial charge in [-0.25, -0.2) is 9.82 Å². The second-order valence-electron chi connectivity index (χ2n) is 6.90. The number of aromatic nitrogens is 1. The molecule has 156 valence electrons. The fourth-order valence-electron chi connectivity index (χ4n) is 3.32. The maximum absolute atomic E-state index is 13.2. The van der Waals surface area contributed by atoms with Gasteiger partial charge in [0.25, 0.3) is 5.91 Å². The summed E-state index contributed by atoms with van der Waals surface area (Å²) in [7, 11) is 1.57. The number of methoxy groups -OCH3 is 1. The highest BCUT2D eigenvalue weighted by Crippen LogP contribution is 2.23. The minimum absolute atomic E-state index is 0.254. The number of amides is 1. The zero-order valence-corrected chi connectivity index (χ0v) is 18.8. The first-order valence-corrected chi connectivity index (χ1v) is 10.6. The number of hydrazone groups is 1. The van der Waals surface area contributed by atoms with Gasteiger partial charge in [-0.1, -0.05) is 30.3 Å². The molecule has 1 N–H and O–H groups in total. The number of hydrogen-bond donors (Lipinski definition) is 1. The summed E-state index contributed by atoms with van der Waals surface area (Å²) in [4.78, 5) is 12.4. The topological polar surface area (TPSA) is 55.6 Å². The van der Waals surface area contributed by atoms with E-state index in [0.29, 0.717) is 17.9 Å². The third-order valence-corrected chi connectivity index (χ3v) is 5.76. The highest BCUT2D eigenvalue weighted by Gasteiger charge is 2.10. The SMILES string of the molecule is COc1cc(C(=O)N/N=C\c2cn(Cc3ccc(F)cc3)c3ccccc23)ccc1I. The van der Waals surface area contributed by atoms with Crippen molar-refractivity contribution < 1.29 is 13.9 Å². The Bertz CT molecular complexity index is 1270. The van der Waals surface area contributed by atoms with Crippen molar-refractivity contribution in [2.45, 2.75) is 6.54 Å². The standard InChI is InChI=1S/C24H19FIN3O2/c1-31-23-12-17(8-11-21(23)26)24(30)28-27-13-18-15-29(22-5-3-2-4-20(18)22)14-16-6-9-19(25)10-7-16/h2-13,15H,14H2,1H3,(H,28,30)/b27-13-. The first kappa shape index (κ1) is 21.0. The van der Waals surface area contributed by atoms with Crippen LogP contribution < -0.4 is 10.2 Å². The average Bonchev–Trinajstić information content (AvgIpc) is 3.13. The highest BCUT2D eigenvalue weighted by molar-refractivity contribution is 14.1. The summed E-state index contributed by atoms with van der Waals surface area (Å²) in [5.41, 5.74) is 5.93. The normalized spacial score (nSPS) is 11.2. The molecule has 0 radical (unpaired) electrons. The number of hydrogen-bond acceptors (Lipinski definition) is 3. The Labute approximate surface area is 192 Å². The number of para-hydroxylation sites is 1. The minimum atomic E-state index is -0.319. The molecular formula is C24H19FIN3O2. The molecule has 0 saturated carbocycles. The summed E-state index contributed by atoms with van der Waals surface area (Å²) in [5.74, 6) is 0.0671. The maximum atomic E-state index is 13.2. The summed E-state index contributed by atoms with van der Waals surface area (Å²) in [6.07, 6.45) is 3.60. The van der Waals surface area contributed by atoms with Crippen molar-refractivity contribution in [3.05, 3.63) is 99.0 Å². The molecule has 0 saturated heterocycles. The van der Waals surface area contributed by atoms with Crippen LogP contribution >= 0.6 is 22.6 Å². The molecule has 4 rings (SSSR count). The van der Waals surface area contributed by atoms with E-state index >= 15 is 0 Å². The molecule has 3 aromatic carbocycles. The Morgan fingerprint density at radius 2 is 1.94 bits per heavy atom. The highest BCUT2D eigenvalue weighted by atomic mass is 127. The minimum Gasteiger partial charge on any atom is -0.496 e. The van der Waals surface area contributed by atoms with E-state index in [1.54, 1.807) is 37.6 Å². The van der Waals surface area contributed by atoms with Crippen molar-refractivity contribution in [1.82, 2.24) is 9.99 Å². The Balaban J connectivity index is 1.55. The van der Waals surface area contributed by atoms with Crippen LogP contribution in [0.25, 0.3) is 10.9 Å². The van der Waals surface area contributed by atoms with Crippen molar-refractivity contribution in [3.63, 3.8) is 0 Å². The number of nitrogens with one attached hydrogen (secondary N) is 1.